The van der Waals surface area contributed by atoms with E-state index in [2.05, 4.69) is 33.2 Å². The molecular weight excluding hydrogens is 1000 g/mol. The van der Waals surface area contributed by atoms with Crippen LogP contribution in [0.3, 0.4) is 0 Å². The third-order valence-corrected chi connectivity index (χ3v) is 10.2. The third-order valence-electron chi connectivity index (χ3n) is 10.2. The van der Waals surface area contributed by atoms with Gasteiger partial charge >= 0.3 is 20.1 Å². The molecule has 0 saturated heterocycles. The van der Waals surface area contributed by atoms with Crippen LogP contribution in [-0.2, 0) is 71.1 Å². The van der Waals surface area contributed by atoms with Crippen LogP contribution in [0, 0.1) is 34.8 Å². The summed E-state index contributed by atoms with van der Waals surface area (Å²) < 4.78 is 174. The minimum atomic E-state index is -3.42. The summed E-state index contributed by atoms with van der Waals surface area (Å²) in [6, 6.07) is 38.4. The van der Waals surface area contributed by atoms with E-state index >= 15 is 4.39 Å². The molecular formula is C61H57FIrN3O. The van der Waals surface area contributed by atoms with Crippen molar-refractivity contribution in [3.63, 3.8) is 0 Å². The van der Waals surface area contributed by atoms with E-state index in [0.29, 0.717) is 33.3 Å². The van der Waals surface area contributed by atoms with Crippen LogP contribution in [0.15, 0.2) is 144 Å². The number of fused-ring (bicyclic) bond motifs is 3. The summed E-state index contributed by atoms with van der Waals surface area (Å²) in [6.07, 6.45) is -20.7. The van der Waals surface area contributed by atoms with Crippen molar-refractivity contribution in [2.45, 2.75) is 92.5 Å². The average Bonchev–Trinajstić information content (AvgIpc) is 3.98. The molecule has 4 nitrogen and oxygen atoms in total. The summed E-state index contributed by atoms with van der Waals surface area (Å²) in [5.41, 5.74) is -4.47. The van der Waals surface area contributed by atoms with E-state index in [1.807, 2.05) is 0 Å². The maximum Gasteiger partial charge on any atom is 3.00 e. The van der Waals surface area contributed by atoms with Crippen LogP contribution in [0.2, 0.25) is 0 Å². The van der Waals surface area contributed by atoms with Gasteiger partial charge in [0.15, 0.2) is 11.4 Å². The summed E-state index contributed by atoms with van der Waals surface area (Å²) in [6.45, 7) is 9.60. The van der Waals surface area contributed by atoms with Crippen LogP contribution in [0.5, 0.6) is 0 Å². The van der Waals surface area contributed by atoms with Crippen molar-refractivity contribution in [1.82, 2.24) is 15.0 Å². The van der Waals surface area contributed by atoms with E-state index in [0.717, 1.165) is 36.8 Å². The van der Waals surface area contributed by atoms with Crippen LogP contribution >= 0.6 is 0 Å². The summed E-state index contributed by atoms with van der Waals surface area (Å²) >= 11 is 0. The molecule has 9 aromatic rings. The second-order valence-electron chi connectivity index (χ2n) is 17.8. The fraction of sp³-hybridized carbons (Fsp3) is 0.262. The number of halogens is 1. The van der Waals surface area contributed by atoms with Crippen molar-refractivity contribution in [1.29, 1.82) is 0 Å². The molecule has 0 spiro atoms. The SMILES string of the molecule is [2H]C([2H])(c1cc(-c2[c-]ccc3c2oc2c(F)c(C([2H])([2H])C(C)(C)C)ccc23)ncc1C([2H])([2H])C([2H])([2H])c1cc(C([2H])([2H])C([2H])([2H])c2ccc(-c3[c-]cccc3)nc2)cc(C([2H])([2H])C([2H])([2H])c2ccc(-c3[c-]cccc3)nc2)c1)C(C)(C)C.[Ir+3]. The maximum absolute atomic E-state index is 16.5. The summed E-state index contributed by atoms with van der Waals surface area (Å²) in [5, 5.41) is 0.678. The Balaban J connectivity index is 0.00000900. The third kappa shape index (κ3) is 11.7. The fourth-order valence-corrected chi connectivity index (χ4v) is 7.29. The van der Waals surface area contributed by atoms with Gasteiger partial charge in [0.2, 0.25) is 0 Å². The molecule has 9 rings (SSSR count). The number of nitrogens with zero attached hydrogens (tertiary/aromatic N) is 3. The molecule has 0 fully saturated rings. The molecule has 0 aliphatic carbocycles. The van der Waals surface area contributed by atoms with Gasteiger partial charge in [-0.2, -0.15) is 0 Å². The van der Waals surface area contributed by atoms with Gasteiger partial charge in [0.1, 0.15) is 0 Å². The topological polar surface area (TPSA) is 51.8 Å². The number of aryl methyl sites for hydroxylation is 6. The van der Waals surface area contributed by atoms with E-state index in [-0.39, 0.29) is 59.2 Å². The molecule has 67 heavy (non-hydrogen) atoms. The van der Waals surface area contributed by atoms with Crippen LogP contribution in [0.1, 0.15) is 108 Å². The molecule has 4 aromatic heterocycles. The largest absolute Gasteiger partial charge is 3.00 e. The molecule has 0 aliphatic rings. The number of rotatable bonds is 14. The number of furan rings is 1. The Bertz CT molecular complexity index is 3740. The van der Waals surface area contributed by atoms with Gasteiger partial charge in [0.05, 0.1) is 5.58 Å². The van der Waals surface area contributed by atoms with E-state index in [9.17, 15) is 19.2 Å². The van der Waals surface area contributed by atoms with Crippen LogP contribution in [0.25, 0.3) is 55.7 Å². The first-order valence-corrected chi connectivity index (χ1v) is 21.5. The molecule has 0 saturated carbocycles. The van der Waals surface area contributed by atoms with Crippen LogP contribution in [-0.4, -0.2) is 15.0 Å². The van der Waals surface area contributed by atoms with Crippen molar-refractivity contribution in [2.24, 2.45) is 10.8 Å². The molecule has 4 heterocycles. The Hall–Kier alpha value is -6.07. The molecule has 0 unspecified atom stereocenters. The normalized spacial score (nSPS) is 17.1. The number of hydrogen-bond donors (Lipinski definition) is 0. The number of benzene rings is 5. The molecule has 0 atom stereocenters. The zero-order valence-corrected chi connectivity index (χ0v) is 40.1. The Kier molecular flexibility index (Phi) is 9.47. The predicted octanol–water partition coefficient (Wildman–Crippen LogP) is 14.8. The van der Waals surface area contributed by atoms with Gasteiger partial charge in [-0.15, -0.1) is 90.0 Å². The summed E-state index contributed by atoms with van der Waals surface area (Å²) in [5.74, 6) is -0.925. The second kappa shape index (κ2) is 20.4. The minimum Gasteiger partial charge on any atom is -0.498 e. The minimum absolute atomic E-state index is 0. The van der Waals surface area contributed by atoms with Crippen molar-refractivity contribution >= 4 is 21.9 Å². The Labute approximate surface area is 432 Å². The predicted molar refractivity (Wildman–Crippen MR) is 268 cm³/mol. The van der Waals surface area contributed by atoms with Gasteiger partial charge in [-0.25, -0.2) is 4.39 Å². The molecule has 0 radical (unpaired) electrons. The number of hydrogen-bond acceptors (Lipinski definition) is 4. The zero-order valence-electron chi connectivity index (χ0n) is 53.7. The quantitative estimate of drug-likeness (QED) is 0.102. The average molecular weight is 1080 g/mol. The van der Waals surface area contributed by atoms with E-state index in [1.54, 1.807) is 102 Å². The summed E-state index contributed by atoms with van der Waals surface area (Å²) in [4.78, 5) is 13.3. The summed E-state index contributed by atoms with van der Waals surface area (Å²) in [7, 11) is 0. The van der Waals surface area contributed by atoms with E-state index in [1.165, 1.54) is 42.5 Å². The van der Waals surface area contributed by atoms with Gasteiger partial charge in [0, 0.05) is 45.9 Å². The molecule has 6 heteroatoms. The van der Waals surface area contributed by atoms with Gasteiger partial charge in [0.25, 0.3) is 0 Å². The first-order valence-electron chi connectivity index (χ1n) is 29.5. The second-order valence-corrected chi connectivity index (χ2v) is 17.8. The molecule has 0 bridgehead atoms. The Morgan fingerprint density at radius 2 is 1.01 bits per heavy atom. The molecule has 0 aliphatic heterocycles. The standard InChI is InChI=1S/C61H57FN3O.Ir/c1-60(2,3)36-48-28-29-52-51-18-13-19-53(58(51)66-59(52)57(48)62)56-35-50(37-61(4,5)6)49(40-65-56)27-24-45-33-43(22-20-41-25-30-54(63-38-41)46-14-9-7-10-15-46)32-44(34-45)23-21-42-26-31-55(64-39-42)47-16-11-8-12-17-47;/h7-14,16,18,25-26,28-35,38-40H,20-24,27,36-37H2,1-6H3;/q-3;+3/i20D2,21D2,22D2,23D2,24D2,27D2,36D2,37D2;. The van der Waals surface area contributed by atoms with Crippen LogP contribution < -0.4 is 0 Å². The smallest absolute Gasteiger partial charge is 0.498 e. The van der Waals surface area contributed by atoms with Crippen molar-refractivity contribution in [3.05, 3.63) is 208 Å². The fourth-order valence-electron chi connectivity index (χ4n) is 7.29. The number of aromatic nitrogens is 3. The Morgan fingerprint density at radius 1 is 0.493 bits per heavy atom. The van der Waals surface area contributed by atoms with Gasteiger partial charge in [-0.3, -0.25) is 0 Å². The van der Waals surface area contributed by atoms with E-state index in [4.69, 9.17) is 7.16 Å². The molecule has 338 valence electrons. The first kappa shape index (κ1) is 31.1. The Morgan fingerprint density at radius 3 is 1.54 bits per heavy atom. The molecule has 5 aromatic carbocycles. The van der Waals surface area contributed by atoms with Crippen molar-refractivity contribution in [2.75, 3.05) is 0 Å². The van der Waals surface area contributed by atoms with Gasteiger partial charge < -0.3 is 19.4 Å². The van der Waals surface area contributed by atoms with Gasteiger partial charge in [-0.05, 0) is 123 Å². The van der Waals surface area contributed by atoms with Crippen molar-refractivity contribution < 1.29 is 50.8 Å². The maximum atomic E-state index is 16.5. The number of pyridine rings is 3. The van der Waals surface area contributed by atoms with E-state index < -0.39 is 95.4 Å². The monoisotopic (exact) mass is 1080 g/mol. The molecule has 0 amide bonds. The van der Waals surface area contributed by atoms with Gasteiger partial charge in [-0.1, -0.05) is 113 Å². The molecule has 0 N–H and O–H groups in total. The first-order chi connectivity index (χ1) is 37.9. The van der Waals surface area contributed by atoms with Crippen LogP contribution in [0.4, 0.5) is 4.39 Å². The van der Waals surface area contributed by atoms with Crippen molar-refractivity contribution in [3.8, 4) is 33.8 Å². The zero-order chi connectivity index (χ0) is 60.2.